The third kappa shape index (κ3) is 2.83. The number of rotatable bonds is 2. The zero-order chi connectivity index (χ0) is 15.1. The molecular formula is C13H16Cl2N4O. The summed E-state index contributed by atoms with van der Waals surface area (Å²) < 4.78 is 1.52. The van der Waals surface area contributed by atoms with Gasteiger partial charge in [0.15, 0.2) is 5.82 Å². The van der Waals surface area contributed by atoms with Gasteiger partial charge in [-0.25, -0.2) is 0 Å². The third-order valence-corrected chi connectivity index (χ3v) is 3.82. The molecule has 0 radical (unpaired) electrons. The van der Waals surface area contributed by atoms with Gasteiger partial charge < -0.3 is 9.88 Å². The van der Waals surface area contributed by atoms with Crippen LogP contribution in [0, 0.1) is 0 Å². The van der Waals surface area contributed by atoms with Crippen LogP contribution in [-0.4, -0.2) is 20.7 Å². The van der Waals surface area contributed by atoms with E-state index in [0.717, 1.165) is 5.69 Å². The van der Waals surface area contributed by atoms with Gasteiger partial charge in [0.05, 0.1) is 5.02 Å². The van der Waals surface area contributed by atoms with Crippen molar-refractivity contribution in [3.8, 4) is 0 Å². The third-order valence-electron chi connectivity index (χ3n) is 2.98. The number of anilines is 1. The van der Waals surface area contributed by atoms with E-state index in [2.05, 4.69) is 36.3 Å². The summed E-state index contributed by atoms with van der Waals surface area (Å²) in [6, 6.07) is 3.33. The number of aromatic nitrogens is 3. The van der Waals surface area contributed by atoms with Gasteiger partial charge in [-0.15, -0.1) is 0 Å². The Balaban J connectivity index is 2.20. The van der Waals surface area contributed by atoms with Crippen molar-refractivity contribution in [3.05, 3.63) is 33.7 Å². The van der Waals surface area contributed by atoms with Gasteiger partial charge in [-0.1, -0.05) is 44.0 Å². The van der Waals surface area contributed by atoms with E-state index in [1.807, 2.05) is 6.07 Å². The van der Waals surface area contributed by atoms with E-state index in [4.69, 9.17) is 23.2 Å². The van der Waals surface area contributed by atoms with Crippen LogP contribution in [0.3, 0.4) is 0 Å². The Bertz CT molecular complexity index is 652. The first-order valence-corrected chi connectivity index (χ1v) is 6.83. The first-order chi connectivity index (χ1) is 9.20. The molecule has 0 bridgehead atoms. The van der Waals surface area contributed by atoms with Crippen LogP contribution >= 0.6 is 23.2 Å². The molecule has 0 aliphatic heterocycles. The number of halogens is 2. The van der Waals surface area contributed by atoms with E-state index >= 15 is 0 Å². The fourth-order valence-electron chi connectivity index (χ4n) is 1.71. The standard InChI is InChI=1S/C13H16Cl2N4O/c1-13(2,3)9-6-10(18-17-9)16-12(20)8-5-7(14)11(15)19(8)4/h5-6H,1-4H3,(H2,16,17,18,20). The number of aromatic amines is 1. The van der Waals surface area contributed by atoms with Crippen LogP contribution in [0.4, 0.5) is 5.82 Å². The second-order valence-corrected chi connectivity index (χ2v) is 6.36. The molecule has 1 amide bonds. The number of H-pyrrole nitrogens is 1. The molecule has 0 saturated heterocycles. The average molecular weight is 315 g/mol. The maximum atomic E-state index is 12.2. The van der Waals surface area contributed by atoms with Gasteiger partial charge >= 0.3 is 0 Å². The van der Waals surface area contributed by atoms with Gasteiger partial charge in [0.25, 0.3) is 5.91 Å². The second-order valence-electron chi connectivity index (χ2n) is 5.60. The fraction of sp³-hybridized carbons (Fsp3) is 0.385. The summed E-state index contributed by atoms with van der Waals surface area (Å²) in [5.41, 5.74) is 1.25. The maximum absolute atomic E-state index is 12.2. The number of hydrogen-bond donors (Lipinski definition) is 2. The van der Waals surface area contributed by atoms with Gasteiger partial charge in [0.2, 0.25) is 0 Å². The Morgan fingerprint density at radius 3 is 2.45 bits per heavy atom. The van der Waals surface area contributed by atoms with Crippen molar-refractivity contribution in [1.82, 2.24) is 14.8 Å². The zero-order valence-electron chi connectivity index (χ0n) is 11.7. The molecule has 0 aliphatic carbocycles. The minimum absolute atomic E-state index is 0.0619. The van der Waals surface area contributed by atoms with E-state index < -0.39 is 0 Å². The Labute approximate surface area is 127 Å². The molecule has 2 aromatic rings. The molecule has 0 unspecified atom stereocenters. The van der Waals surface area contributed by atoms with Crippen molar-refractivity contribution in [3.63, 3.8) is 0 Å². The highest BCUT2D eigenvalue weighted by Crippen LogP contribution is 2.26. The fourth-order valence-corrected chi connectivity index (χ4v) is 2.09. The molecule has 20 heavy (non-hydrogen) atoms. The molecule has 5 nitrogen and oxygen atoms in total. The molecule has 2 N–H and O–H groups in total. The Hall–Kier alpha value is -1.46. The minimum Gasteiger partial charge on any atom is -0.329 e. The highest BCUT2D eigenvalue weighted by Gasteiger charge is 2.19. The molecule has 0 aromatic carbocycles. The molecule has 0 aliphatic rings. The number of amides is 1. The monoisotopic (exact) mass is 314 g/mol. The normalized spacial score (nSPS) is 11.7. The smallest absolute Gasteiger partial charge is 0.273 e. The van der Waals surface area contributed by atoms with Crippen LogP contribution < -0.4 is 5.32 Å². The van der Waals surface area contributed by atoms with Crippen LogP contribution in [0.1, 0.15) is 37.0 Å². The summed E-state index contributed by atoms with van der Waals surface area (Å²) in [5, 5.41) is 10.4. The summed E-state index contributed by atoms with van der Waals surface area (Å²) >= 11 is 11.8. The van der Waals surface area contributed by atoms with Crippen molar-refractivity contribution < 1.29 is 4.79 Å². The SMILES string of the molecule is Cn1c(C(=O)Nc2cc(C(C)(C)C)[nH]n2)cc(Cl)c1Cl. The van der Waals surface area contributed by atoms with E-state index in [1.54, 1.807) is 7.05 Å². The topological polar surface area (TPSA) is 62.7 Å². The quantitative estimate of drug-likeness (QED) is 0.889. The Morgan fingerprint density at radius 1 is 1.35 bits per heavy atom. The van der Waals surface area contributed by atoms with Gasteiger partial charge in [-0.2, -0.15) is 5.10 Å². The summed E-state index contributed by atoms with van der Waals surface area (Å²) in [6.45, 7) is 6.18. The van der Waals surface area contributed by atoms with Gasteiger partial charge in [-0.05, 0) is 6.07 Å². The molecule has 2 heterocycles. The number of nitrogens with zero attached hydrogens (tertiary/aromatic N) is 2. The summed E-state index contributed by atoms with van der Waals surface area (Å²) in [7, 11) is 1.67. The average Bonchev–Trinajstić information content (AvgIpc) is 2.90. The number of carbonyl (C=O) groups is 1. The van der Waals surface area contributed by atoms with Crippen molar-refractivity contribution in [2.45, 2.75) is 26.2 Å². The molecule has 0 fully saturated rings. The lowest BCUT2D eigenvalue weighted by Gasteiger charge is -2.14. The molecule has 2 aromatic heterocycles. The lowest BCUT2D eigenvalue weighted by atomic mass is 9.92. The Kier molecular flexibility index (Phi) is 3.84. The van der Waals surface area contributed by atoms with E-state index in [-0.39, 0.29) is 11.3 Å². The van der Waals surface area contributed by atoms with Crippen LogP contribution in [0.5, 0.6) is 0 Å². The van der Waals surface area contributed by atoms with Crippen molar-refractivity contribution in [1.29, 1.82) is 0 Å². The molecule has 0 atom stereocenters. The molecule has 0 saturated carbocycles. The largest absolute Gasteiger partial charge is 0.329 e. The highest BCUT2D eigenvalue weighted by molar-refractivity contribution is 6.42. The van der Waals surface area contributed by atoms with Gasteiger partial charge in [0, 0.05) is 24.2 Å². The van der Waals surface area contributed by atoms with E-state index in [0.29, 0.717) is 21.7 Å². The van der Waals surface area contributed by atoms with Gasteiger partial charge in [0.1, 0.15) is 10.8 Å². The zero-order valence-corrected chi connectivity index (χ0v) is 13.2. The van der Waals surface area contributed by atoms with Crippen LogP contribution in [-0.2, 0) is 12.5 Å². The molecule has 7 heteroatoms. The first kappa shape index (κ1) is 14.9. The second kappa shape index (κ2) is 5.14. The molecular weight excluding hydrogens is 299 g/mol. The molecule has 0 spiro atoms. The summed E-state index contributed by atoms with van der Waals surface area (Å²) in [5.74, 6) is 0.154. The number of hydrogen-bond acceptors (Lipinski definition) is 2. The van der Waals surface area contributed by atoms with Crippen molar-refractivity contribution in [2.24, 2.45) is 7.05 Å². The van der Waals surface area contributed by atoms with E-state index in [1.165, 1.54) is 10.6 Å². The highest BCUT2D eigenvalue weighted by atomic mass is 35.5. The van der Waals surface area contributed by atoms with Crippen molar-refractivity contribution in [2.75, 3.05) is 5.32 Å². The first-order valence-electron chi connectivity index (χ1n) is 6.08. The van der Waals surface area contributed by atoms with Crippen LogP contribution in [0.2, 0.25) is 10.2 Å². The van der Waals surface area contributed by atoms with Crippen molar-refractivity contribution >= 4 is 34.9 Å². The van der Waals surface area contributed by atoms with Crippen LogP contribution in [0.25, 0.3) is 0 Å². The summed E-state index contributed by atoms with van der Waals surface area (Å²) in [6.07, 6.45) is 0. The predicted octanol–water partition coefficient (Wildman–Crippen LogP) is 3.60. The van der Waals surface area contributed by atoms with Crippen LogP contribution in [0.15, 0.2) is 12.1 Å². The number of nitrogens with one attached hydrogen (secondary N) is 2. The van der Waals surface area contributed by atoms with Gasteiger partial charge in [-0.3, -0.25) is 9.89 Å². The molecule has 2 rings (SSSR count). The van der Waals surface area contributed by atoms with E-state index in [9.17, 15) is 4.79 Å². The lowest BCUT2D eigenvalue weighted by Crippen LogP contribution is -2.16. The summed E-state index contributed by atoms with van der Waals surface area (Å²) in [4.78, 5) is 12.2. The maximum Gasteiger partial charge on any atom is 0.273 e. The minimum atomic E-state index is -0.312. The number of carbonyl (C=O) groups excluding carboxylic acids is 1. The Morgan fingerprint density at radius 2 is 2.00 bits per heavy atom. The predicted molar refractivity (Wildman–Crippen MR) is 80.7 cm³/mol. The lowest BCUT2D eigenvalue weighted by molar-refractivity contribution is 0.101. The molecule has 108 valence electrons.